The summed E-state index contributed by atoms with van der Waals surface area (Å²) in [4.78, 5) is 0. The van der Waals surface area contributed by atoms with Gasteiger partial charge in [-0.05, 0) is 37.5 Å². The Hall–Kier alpha value is 0.390. The molecular formula is C14H28NP. The highest BCUT2D eigenvalue weighted by atomic mass is 31.0. The first kappa shape index (κ1) is 12.8. The van der Waals surface area contributed by atoms with Crippen molar-refractivity contribution in [1.29, 1.82) is 0 Å². The molecule has 0 saturated heterocycles. The van der Waals surface area contributed by atoms with Crippen LogP contribution in [0.15, 0.2) is 0 Å². The SMILES string of the molecule is NCC(P)(C1CCCCC1)C1CCCCC1. The molecule has 1 unspecified atom stereocenters. The standard InChI is InChI=1S/C14H28NP/c15-11-14(16,12-7-3-1-4-8-12)13-9-5-2-6-10-13/h12-13H,1-11,15-16H2. The summed E-state index contributed by atoms with van der Waals surface area (Å²) in [5.41, 5.74) is 6.15. The Morgan fingerprint density at radius 3 is 1.50 bits per heavy atom. The Balaban J connectivity index is 2.03. The van der Waals surface area contributed by atoms with Crippen molar-refractivity contribution in [3.05, 3.63) is 0 Å². The van der Waals surface area contributed by atoms with Crippen LogP contribution in [0.4, 0.5) is 0 Å². The highest BCUT2D eigenvalue weighted by Gasteiger charge is 2.40. The van der Waals surface area contributed by atoms with Crippen molar-refractivity contribution in [1.82, 2.24) is 0 Å². The predicted molar refractivity (Wildman–Crippen MR) is 74.6 cm³/mol. The van der Waals surface area contributed by atoms with Crippen LogP contribution in [-0.2, 0) is 0 Å². The van der Waals surface area contributed by atoms with E-state index in [1.165, 1.54) is 64.2 Å². The zero-order valence-electron chi connectivity index (χ0n) is 10.6. The highest BCUT2D eigenvalue weighted by Crippen LogP contribution is 2.47. The van der Waals surface area contributed by atoms with Crippen LogP contribution >= 0.6 is 9.24 Å². The fourth-order valence-corrected chi connectivity index (χ4v) is 4.61. The van der Waals surface area contributed by atoms with Gasteiger partial charge in [0.1, 0.15) is 0 Å². The molecule has 1 atom stereocenters. The molecule has 2 fully saturated rings. The topological polar surface area (TPSA) is 26.0 Å². The molecule has 2 saturated carbocycles. The third-order valence-corrected chi connectivity index (χ3v) is 6.26. The van der Waals surface area contributed by atoms with E-state index in [1.54, 1.807) is 0 Å². The van der Waals surface area contributed by atoms with Gasteiger partial charge >= 0.3 is 0 Å². The zero-order valence-corrected chi connectivity index (χ0v) is 11.7. The van der Waals surface area contributed by atoms with Crippen molar-refractivity contribution in [2.24, 2.45) is 17.6 Å². The van der Waals surface area contributed by atoms with Gasteiger partial charge in [-0.15, -0.1) is 9.24 Å². The van der Waals surface area contributed by atoms with Crippen LogP contribution in [0.5, 0.6) is 0 Å². The van der Waals surface area contributed by atoms with Gasteiger partial charge in [-0.1, -0.05) is 38.5 Å². The van der Waals surface area contributed by atoms with Gasteiger partial charge in [0.2, 0.25) is 0 Å². The summed E-state index contributed by atoms with van der Waals surface area (Å²) in [5.74, 6) is 1.78. The minimum Gasteiger partial charge on any atom is -0.330 e. The summed E-state index contributed by atoms with van der Waals surface area (Å²) in [6, 6.07) is 0. The highest BCUT2D eigenvalue weighted by molar-refractivity contribution is 7.19. The molecule has 0 heterocycles. The monoisotopic (exact) mass is 241 g/mol. The van der Waals surface area contributed by atoms with Crippen molar-refractivity contribution in [3.8, 4) is 0 Å². The summed E-state index contributed by atoms with van der Waals surface area (Å²) >= 11 is 0. The summed E-state index contributed by atoms with van der Waals surface area (Å²) < 4.78 is 0. The predicted octanol–water partition coefficient (Wildman–Crippen LogP) is 3.72. The Labute approximate surface area is 103 Å². The Kier molecular flexibility index (Phi) is 4.67. The van der Waals surface area contributed by atoms with Crippen LogP contribution in [0.25, 0.3) is 0 Å². The van der Waals surface area contributed by atoms with Crippen molar-refractivity contribution in [2.45, 2.75) is 69.4 Å². The largest absolute Gasteiger partial charge is 0.330 e. The molecule has 2 N–H and O–H groups in total. The molecular weight excluding hydrogens is 213 g/mol. The molecule has 0 aromatic rings. The van der Waals surface area contributed by atoms with E-state index in [1.807, 2.05) is 0 Å². The second kappa shape index (κ2) is 5.83. The van der Waals surface area contributed by atoms with Gasteiger partial charge in [0.15, 0.2) is 0 Å². The van der Waals surface area contributed by atoms with E-state index < -0.39 is 0 Å². The first-order chi connectivity index (χ1) is 7.77. The van der Waals surface area contributed by atoms with Crippen LogP contribution in [0.1, 0.15) is 64.2 Å². The van der Waals surface area contributed by atoms with Crippen LogP contribution in [0.2, 0.25) is 0 Å². The number of rotatable bonds is 3. The van der Waals surface area contributed by atoms with E-state index in [2.05, 4.69) is 9.24 Å². The molecule has 0 aromatic heterocycles. The molecule has 2 aliphatic rings. The van der Waals surface area contributed by atoms with Crippen molar-refractivity contribution >= 4 is 9.24 Å². The van der Waals surface area contributed by atoms with Gasteiger partial charge in [0.25, 0.3) is 0 Å². The van der Waals surface area contributed by atoms with Gasteiger partial charge in [-0.25, -0.2) is 0 Å². The average molecular weight is 241 g/mol. The summed E-state index contributed by atoms with van der Waals surface area (Å²) in [6.45, 7) is 0.882. The van der Waals surface area contributed by atoms with Crippen molar-refractivity contribution in [3.63, 3.8) is 0 Å². The van der Waals surface area contributed by atoms with Crippen molar-refractivity contribution < 1.29 is 0 Å². The molecule has 94 valence electrons. The molecule has 0 bridgehead atoms. The molecule has 2 aliphatic carbocycles. The quantitative estimate of drug-likeness (QED) is 0.749. The number of hydrogen-bond donors (Lipinski definition) is 1. The third kappa shape index (κ3) is 2.62. The minimum atomic E-state index is 0.376. The lowest BCUT2D eigenvalue weighted by Crippen LogP contribution is -2.47. The summed E-state index contributed by atoms with van der Waals surface area (Å²) in [7, 11) is 3.20. The van der Waals surface area contributed by atoms with Gasteiger partial charge in [-0.2, -0.15) is 0 Å². The first-order valence-corrected chi connectivity index (χ1v) is 7.84. The van der Waals surface area contributed by atoms with E-state index in [4.69, 9.17) is 5.73 Å². The van der Waals surface area contributed by atoms with Gasteiger partial charge < -0.3 is 5.73 Å². The number of nitrogens with two attached hydrogens (primary N) is 1. The first-order valence-electron chi connectivity index (χ1n) is 7.26. The summed E-state index contributed by atoms with van der Waals surface area (Å²) in [5, 5.41) is 0.376. The normalized spacial score (nSPS) is 25.9. The minimum absolute atomic E-state index is 0.376. The lowest BCUT2D eigenvalue weighted by molar-refractivity contribution is 0.179. The van der Waals surface area contributed by atoms with Crippen LogP contribution < -0.4 is 5.73 Å². The zero-order chi connectivity index (χ0) is 11.4. The summed E-state index contributed by atoms with van der Waals surface area (Å²) in [6.07, 6.45) is 14.4. The molecule has 0 radical (unpaired) electrons. The molecule has 2 rings (SSSR count). The molecule has 0 aliphatic heterocycles. The van der Waals surface area contributed by atoms with Crippen LogP contribution in [0, 0.1) is 11.8 Å². The van der Waals surface area contributed by atoms with E-state index >= 15 is 0 Å². The van der Waals surface area contributed by atoms with Crippen LogP contribution in [-0.4, -0.2) is 11.7 Å². The van der Waals surface area contributed by atoms with E-state index in [0.29, 0.717) is 5.16 Å². The lowest BCUT2D eigenvalue weighted by Gasteiger charge is -2.46. The smallest absolute Gasteiger partial charge is 0.00281 e. The fourth-order valence-electron chi connectivity index (χ4n) is 3.95. The van der Waals surface area contributed by atoms with E-state index in [9.17, 15) is 0 Å². The second-order valence-corrected chi connectivity index (χ2v) is 7.06. The lowest BCUT2D eigenvalue weighted by atomic mass is 9.69. The average Bonchev–Trinajstić information content (AvgIpc) is 2.40. The van der Waals surface area contributed by atoms with E-state index in [-0.39, 0.29) is 0 Å². The van der Waals surface area contributed by atoms with Crippen molar-refractivity contribution in [2.75, 3.05) is 6.54 Å². The maximum Gasteiger partial charge on any atom is 0.00281 e. The molecule has 0 spiro atoms. The second-order valence-electron chi connectivity index (χ2n) is 5.99. The number of hydrogen-bond acceptors (Lipinski definition) is 1. The van der Waals surface area contributed by atoms with Gasteiger partial charge in [0.05, 0.1) is 0 Å². The Morgan fingerprint density at radius 2 is 1.19 bits per heavy atom. The van der Waals surface area contributed by atoms with Gasteiger partial charge in [0, 0.05) is 11.7 Å². The Morgan fingerprint density at radius 1 is 0.812 bits per heavy atom. The molecule has 2 heteroatoms. The maximum absolute atomic E-state index is 6.15. The van der Waals surface area contributed by atoms with Gasteiger partial charge in [-0.3, -0.25) is 0 Å². The molecule has 1 nitrogen and oxygen atoms in total. The molecule has 0 aromatic carbocycles. The van der Waals surface area contributed by atoms with Crippen LogP contribution in [0.3, 0.4) is 0 Å². The maximum atomic E-state index is 6.15. The fraction of sp³-hybridized carbons (Fsp3) is 1.00. The Bertz CT molecular complexity index is 187. The third-order valence-electron chi connectivity index (χ3n) is 5.08. The van der Waals surface area contributed by atoms with E-state index in [0.717, 1.165) is 18.4 Å². The molecule has 16 heavy (non-hydrogen) atoms. The molecule has 0 amide bonds.